The van der Waals surface area contributed by atoms with Crippen LogP contribution in [0, 0.1) is 25.2 Å². The Balaban J connectivity index is 1.70. The van der Waals surface area contributed by atoms with Crippen molar-refractivity contribution in [3.05, 3.63) is 123 Å². The van der Waals surface area contributed by atoms with Crippen LogP contribution in [0.2, 0.25) is 0 Å². The number of hydrogen-bond donors (Lipinski definition) is 1. The summed E-state index contributed by atoms with van der Waals surface area (Å²) < 4.78 is 0. The molecule has 1 heterocycles. The van der Waals surface area contributed by atoms with E-state index >= 15 is 0 Å². The molecule has 0 atom stereocenters. The van der Waals surface area contributed by atoms with Gasteiger partial charge in [0.05, 0.1) is 0 Å². The Labute approximate surface area is 241 Å². The number of nitrogens with zero attached hydrogens (tertiary/aromatic N) is 1. The van der Waals surface area contributed by atoms with Crippen molar-refractivity contribution in [2.24, 2.45) is 0 Å². The molecule has 0 saturated carbocycles. The first kappa shape index (κ1) is 28.8. The molecular formula is C36H35NO2S. The normalized spacial score (nSPS) is 11.2. The molecule has 0 spiro atoms. The van der Waals surface area contributed by atoms with Crippen molar-refractivity contribution in [2.45, 2.75) is 52.9 Å². The van der Waals surface area contributed by atoms with E-state index in [0.717, 1.165) is 33.7 Å². The minimum Gasteiger partial charge on any atom is -0.477 e. The van der Waals surface area contributed by atoms with Gasteiger partial charge in [0.15, 0.2) is 0 Å². The van der Waals surface area contributed by atoms with Crippen molar-refractivity contribution in [1.29, 1.82) is 5.26 Å². The largest absolute Gasteiger partial charge is 0.477 e. The van der Waals surface area contributed by atoms with Gasteiger partial charge in [-0.3, -0.25) is 0 Å². The lowest BCUT2D eigenvalue weighted by molar-refractivity contribution is -0.132. The zero-order chi connectivity index (χ0) is 28.5. The molecule has 0 radical (unpaired) electrons. The Kier molecular flexibility index (Phi) is 9.89. The van der Waals surface area contributed by atoms with E-state index in [-0.39, 0.29) is 5.57 Å². The summed E-state index contributed by atoms with van der Waals surface area (Å²) in [6.07, 6.45) is 9.29. The zero-order valence-corrected chi connectivity index (χ0v) is 24.2. The molecule has 0 aliphatic carbocycles. The summed E-state index contributed by atoms with van der Waals surface area (Å²) in [5.41, 5.74) is 9.17. The second kappa shape index (κ2) is 13.7. The van der Waals surface area contributed by atoms with Gasteiger partial charge in [0.2, 0.25) is 0 Å². The minimum atomic E-state index is -1.20. The summed E-state index contributed by atoms with van der Waals surface area (Å²) in [5, 5.41) is 18.6. The average Bonchev–Trinajstić information content (AvgIpc) is 3.36. The molecule has 1 aromatic heterocycles. The van der Waals surface area contributed by atoms with Gasteiger partial charge in [-0.15, -0.1) is 11.3 Å². The number of rotatable bonds is 11. The van der Waals surface area contributed by atoms with Crippen LogP contribution in [0.25, 0.3) is 28.2 Å². The van der Waals surface area contributed by atoms with E-state index in [9.17, 15) is 15.2 Å². The summed E-state index contributed by atoms with van der Waals surface area (Å²) in [5.74, 6) is -1.20. The van der Waals surface area contributed by atoms with Crippen molar-refractivity contribution >= 4 is 35.0 Å². The maximum absolute atomic E-state index is 11.4. The monoisotopic (exact) mass is 545 g/mol. The van der Waals surface area contributed by atoms with E-state index in [1.807, 2.05) is 6.07 Å². The van der Waals surface area contributed by atoms with Gasteiger partial charge in [-0.2, -0.15) is 5.26 Å². The molecule has 4 aromatic rings. The number of nitriles is 1. The molecule has 3 nitrogen and oxygen atoms in total. The van der Waals surface area contributed by atoms with Crippen LogP contribution in [0.4, 0.5) is 0 Å². The zero-order valence-electron chi connectivity index (χ0n) is 23.4. The Morgan fingerprint density at radius 3 is 1.98 bits per heavy atom. The van der Waals surface area contributed by atoms with Crippen LogP contribution < -0.4 is 0 Å². The number of carboxylic acids is 1. The highest BCUT2D eigenvalue weighted by atomic mass is 32.1. The highest BCUT2D eigenvalue weighted by Gasteiger charge is 2.13. The molecular weight excluding hydrogens is 510 g/mol. The minimum absolute atomic E-state index is 0.245. The maximum atomic E-state index is 11.4. The van der Waals surface area contributed by atoms with Crippen LogP contribution in [0.1, 0.15) is 70.9 Å². The molecule has 0 aliphatic heterocycles. The van der Waals surface area contributed by atoms with Crippen LogP contribution in [0.5, 0.6) is 0 Å². The quantitative estimate of drug-likeness (QED) is 0.0883. The molecule has 0 fully saturated rings. The number of aliphatic carboxylic acids is 1. The second-order valence-electron chi connectivity index (χ2n) is 10.2. The van der Waals surface area contributed by atoms with Gasteiger partial charge in [0.1, 0.15) is 11.6 Å². The van der Waals surface area contributed by atoms with E-state index in [4.69, 9.17) is 0 Å². The van der Waals surface area contributed by atoms with Crippen molar-refractivity contribution in [3.63, 3.8) is 0 Å². The van der Waals surface area contributed by atoms with E-state index in [0.29, 0.717) is 0 Å². The predicted molar refractivity (Wildman–Crippen MR) is 168 cm³/mol. The third-order valence-electron chi connectivity index (χ3n) is 6.97. The van der Waals surface area contributed by atoms with E-state index < -0.39 is 5.97 Å². The number of unbranched alkanes of at least 4 members (excludes halogenated alkanes) is 3. The average molecular weight is 546 g/mol. The highest BCUT2D eigenvalue weighted by Crippen LogP contribution is 2.36. The summed E-state index contributed by atoms with van der Waals surface area (Å²) in [6.45, 7) is 6.40. The lowest BCUT2D eigenvalue weighted by atomic mass is 9.94. The van der Waals surface area contributed by atoms with Gasteiger partial charge in [-0.25, -0.2) is 4.79 Å². The second-order valence-corrected chi connectivity index (χ2v) is 11.3. The highest BCUT2D eigenvalue weighted by molar-refractivity contribution is 7.16. The lowest BCUT2D eigenvalue weighted by Crippen LogP contribution is -1.96. The van der Waals surface area contributed by atoms with Gasteiger partial charge in [0, 0.05) is 9.75 Å². The van der Waals surface area contributed by atoms with E-state index in [1.165, 1.54) is 58.7 Å². The molecule has 40 heavy (non-hydrogen) atoms. The van der Waals surface area contributed by atoms with E-state index in [1.54, 1.807) is 17.4 Å². The third-order valence-corrected chi connectivity index (χ3v) is 8.15. The molecule has 0 amide bonds. The molecule has 1 N–H and O–H groups in total. The van der Waals surface area contributed by atoms with Crippen molar-refractivity contribution in [3.8, 4) is 16.5 Å². The van der Waals surface area contributed by atoms with Crippen LogP contribution in [0.15, 0.2) is 84.4 Å². The standard InChI is InChI=1S/C36H35NO2S/c1-4-5-6-7-8-31-22-33(23-32(24-37)36(38)39)40-35(31)30-19-13-27(14-20-30)21-34(28-15-9-25(2)10-16-28)29-17-11-26(3)12-18-29/h9-23H,4-8H2,1-3H3,(H,38,39)/b32-23-. The molecule has 0 bridgehead atoms. The van der Waals surface area contributed by atoms with Crippen LogP contribution in [-0.4, -0.2) is 11.1 Å². The van der Waals surface area contributed by atoms with Crippen LogP contribution >= 0.6 is 11.3 Å². The Morgan fingerprint density at radius 2 is 1.45 bits per heavy atom. The SMILES string of the molecule is CCCCCCc1cc(/C=C(/C#N)C(=O)O)sc1-c1ccc(C=C(c2ccc(C)cc2)c2ccc(C)cc2)cc1. The summed E-state index contributed by atoms with van der Waals surface area (Å²) in [7, 11) is 0. The van der Waals surface area contributed by atoms with Gasteiger partial charge >= 0.3 is 5.97 Å². The molecule has 4 heteroatoms. The summed E-state index contributed by atoms with van der Waals surface area (Å²) >= 11 is 1.55. The van der Waals surface area contributed by atoms with E-state index in [2.05, 4.69) is 99.6 Å². The number of carboxylic acid groups (broad SMARTS) is 1. The lowest BCUT2D eigenvalue weighted by Gasteiger charge is -2.11. The molecule has 4 rings (SSSR count). The Hall–Kier alpha value is -4.20. The smallest absolute Gasteiger partial charge is 0.346 e. The fourth-order valence-corrected chi connectivity index (χ4v) is 5.83. The number of carbonyl (C=O) groups is 1. The first-order valence-electron chi connectivity index (χ1n) is 13.8. The number of hydrogen-bond acceptors (Lipinski definition) is 3. The molecule has 0 unspecified atom stereocenters. The fraction of sp³-hybridized carbons (Fsp3) is 0.222. The first-order valence-corrected chi connectivity index (χ1v) is 14.6. The maximum Gasteiger partial charge on any atom is 0.346 e. The van der Waals surface area contributed by atoms with Gasteiger partial charge in [0.25, 0.3) is 0 Å². The topological polar surface area (TPSA) is 61.1 Å². The van der Waals surface area contributed by atoms with Crippen molar-refractivity contribution < 1.29 is 9.90 Å². The van der Waals surface area contributed by atoms with Crippen molar-refractivity contribution in [2.75, 3.05) is 0 Å². The molecule has 3 aromatic carbocycles. The Bertz CT molecular complexity index is 1500. The van der Waals surface area contributed by atoms with Crippen LogP contribution in [-0.2, 0) is 11.2 Å². The van der Waals surface area contributed by atoms with Crippen LogP contribution in [0.3, 0.4) is 0 Å². The third kappa shape index (κ3) is 7.46. The van der Waals surface area contributed by atoms with Gasteiger partial charge in [-0.1, -0.05) is 110 Å². The molecule has 0 aliphatic rings. The van der Waals surface area contributed by atoms with Gasteiger partial charge < -0.3 is 5.11 Å². The number of thiophene rings is 1. The van der Waals surface area contributed by atoms with Crippen molar-refractivity contribution in [1.82, 2.24) is 0 Å². The molecule has 202 valence electrons. The molecule has 0 saturated heterocycles. The first-order chi connectivity index (χ1) is 19.4. The predicted octanol–water partition coefficient (Wildman–Crippen LogP) is 9.74. The van der Waals surface area contributed by atoms with Gasteiger partial charge in [-0.05, 0) is 78.3 Å². The number of aryl methyl sites for hydroxylation is 3. The fourth-order valence-electron chi connectivity index (χ4n) is 4.67. The summed E-state index contributed by atoms with van der Waals surface area (Å²) in [4.78, 5) is 13.3. The number of benzene rings is 3. The summed E-state index contributed by atoms with van der Waals surface area (Å²) in [6, 6.07) is 29.7. The Morgan fingerprint density at radius 1 is 0.850 bits per heavy atom.